The molecule has 3 nitrogen and oxygen atoms in total. The minimum absolute atomic E-state index is 0.0669. The summed E-state index contributed by atoms with van der Waals surface area (Å²) in [5.74, 6) is -11.5. The lowest BCUT2D eigenvalue weighted by Gasteiger charge is -2.27. The maximum absolute atomic E-state index is 12.7. The quantitative estimate of drug-likeness (QED) is 0.389. The molecule has 0 N–H and O–H groups in total. The van der Waals surface area contributed by atoms with Gasteiger partial charge in [-0.25, -0.2) is 0 Å². The zero-order valence-corrected chi connectivity index (χ0v) is 10.5. The van der Waals surface area contributed by atoms with E-state index >= 15 is 0 Å². The van der Waals surface area contributed by atoms with E-state index in [1.54, 1.807) is 0 Å². The summed E-state index contributed by atoms with van der Waals surface area (Å²) >= 11 is 0. The molecule has 0 spiro atoms. The first kappa shape index (κ1) is 18.5. The Morgan fingerprint density at radius 2 is 1.53 bits per heavy atom. The minimum atomic E-state index is -6.36. The van der Waals surface area contributed by atoms with E-state index in [1.807, 2.05) is 0 Å². The summed E-state index contributed by atoms with van der Waals surface area (Å²) in [4.78, 5) is 0. The maximum atomic E-state index is 12.7. The van der Waals surface area contributed by atoms with Gasteiger partial charge in [0.2, 0.25) is 0 Å². The largest absolute Gasteiger partial charge is 0.504 e. The molecular formula is C8H11F7O3P+. The average Bonchev–Trinajstić information content (AvgIpc) is 2.20. The molecule has 0 aliphatic carbocycles. The summed E-state index contributed by atoms with van der Waals surface area (Å²) in [6.07, 6.45) is -6.42. The summed E-state index contributed by atoms with van der Waals surface area (Å²) in [5.41, 5.74) is 0. The third-order valence-electron chi connectivity index (χ3n) is 1.80. The zero-order valence-electron chi connectivity index (χ0n) is 9.65. The fourth-order valence-corrected chi connectivity index (χ4v) is 1.24. The highest BCUT2D eigenvalue weighted by Gasteiger charge is 2.72. The van der Waals surface area contributed by atoms with Crippen LogP contribution in [0.1, 0.15) is 6.42 Å². The van der Waals surface area contributed by atoms with Crippen LogP contribution in [0.2, 0.25) is 0 Å². The third-order valence-corrected chi connectivity index (χ3v) is 2.35. The summed E-state index contributed by atoms with van der Waals surface area (Å²) in [6.45, 7) is -1.51. The molecule has 0 saturated heterocycles. The SMILES string of the molecule is C[P+](=O)OCCCOCC(F)(F)C(F)(F)C(F)(F)F. The number of rotatable bonds is 8. The van der Waals surface area contributed by atoms with Crippen LogP contribution in [-0.2, 0) is 13.8 Å². The predicted octanol–water partition coefficient (Wildman–Crippen LogP) is 3.61. The van der Waals surface area contributed by atoms with Gasteiger partial charge in [-0.15, -0.1) is 4.52 Å². The van der Waals surface area contributed by atoms with Crippen molar-refractivity contribution < 1.29 is 44.6 Å². The molecule has 0 heterocycles. The van der Waals surface area contributed by atoms with Crippen LogP contribution in [0.15, 0.2) is 0 Å². The van der Waals surface area contributed by atoms with Gasteiger partial charge in [0.1, 0.15) is 13.2 Å². The molecule has 0 aliphatic rings. The first-order valence-electron chi connectivity index (χ1n) is 4.85. The highest BCUT2D eigenvalue weighted by Crippen LogP contribution is 2.46. The van der Waals surface area contributed by atoms with E-state index in [2.05, 4.69) is 9.26 Å². The van der Waals surface area contributed by atoms with Crippen LogP contribution in [0, 0.1) is 0 Å². The molecule has 0 rings (SSSR count). The number of hydrogen-bond donors (Lipinski definition) is 0. The molecule has 0 amide bonds. The topological polar surface area (TPSA) is 35.5 Å². The van der Waals surface area contributed by atoms with Crippen LogP contribution in [0.3, 0.4) is 0 Å². The number of alkyl halides is 7. The lowest BCUT2D eigenvalue weighted by Crippen LogP contribution is -2.54. The first-order chi connectivity index (χ1) is 8.42. The van der Waals surface area contributed by atoms with E-state index in [-0.39, 0.29) is 13.0 Å². The van der Waals surface area contributed by atoms with Crippen LogP contribution in [-0.4, -0.2) is 44.5 Å². The second kappa shape index (κ2) is 6.81. The van der Waals surface area contributed by atoms with Crippen molar-refractivity contribution in [3.8, 4) is 0 Å². The Morgan fingerprint density at radius 3 is 1.95 bits per heavy atom. The lowest BCUT2D eigenvalue weighted by molar-refractivity contribution is -0.361. The van der Waals surface area contributed by atoms with Gasteiger partial charge in [0.05, 0.1) is 0 Å². The molecule has 0 saturated carbocycles. The van der Waals surface area contributed by atoms with Gasteiger partial charge in [0.25, 0.3) is 0 Å². The summed E-state index contributed by atoms with van der Waals surface area (Å²) in [5, 5.41) is 0. The van der Waals surface area contributed by atoms with Crippen LogP contribution < -0.4 is 0 Å². The highest BCUT2D eigenvalue weighted by atomic mass is 31.1. The zero-order chi connectivity index (χ0) is 15.3. The Morgan fingerprint density at radius 1 is 1.00 bits per heavy atom. The third kappa shape index (κ3) is 5.58. The second-order valence-corrected chi connectivity index (χ2v) is 4.59. The Balaban J connectivity index is 4.14. The average molecular weight is 319 g/mol. The standard InChI is InChI=1S/C8H11F7O3P/c1-19(16)18-4-2-3-17-5-6(9,10)7(11,12)8(13,14)15/h2-5H2,1H3/q+1. The van der Waals surface area contributed by atoms with Crippen molar-refractivity contribution >= 4 is 8.03 Å². The van der Waals surface area contributed by atoms with Gasteiger partial charge in [0.15, 0.2) is 6.66 Å². The van der Waals surface area contributed by atoms with E-state index in [9.17, 15) is 35.3 Å². The molecule has 0 aromatic rings. The molecule has 0 fully saturated rings. The highest BCUT2D eigenvalue weighted by molar-refractivity contribution is 7.38. The molecule has 0 aliphatic heterocycles. The van der Waals surface area contributed by atoms with Crippen molar-refractivity contribution in [2.24, 2.45) is 0 Å². The first-order valence-corrected chi connectivity index (χ1v) is 6.48. The molecule has 1 unspecified atom stereocenters. The smallest absolute Gasteiger partial charge is 0.375 e. The molecule has 114 valence electrons. The number of ether oxygens (including phenoxy) is 1. The van der Waals surface area contributed by atoms with E-state index in [0.717, 1.165) is 0 Å². The van der Waals surface area contributed by atoms with Gasteiger partial charge in [-0.05, 0) is 11.0 Å². The van der Waals surface area contributed by atoms with Gasteiger partial charge in [-0.3, -0.25) is 0 Å². The molecule has 1 atom stereocenters. The van der Waals surface area contributed by atoms with Crippen molar-refractivity contribution in [1.29, 1.82) is 0 Å². The predicted molar refractivity (Wildman–Crippen MR) is 50.9 cm³/mol. The minimum Gasteiger partial charge on any atom is -0.375 e. The van der Waals surface area contributed by atoms with Crippen LogP contribution in [0.5, 0.6) is 0 Å². The van der Waals surface area contributed by atoms with Gasteiger partial charge in [-0.1, -0.05) is 0 Å². The van der Waals surface area contributed by atoms with E-state index < -0.39 is 39.3 Å². The fraction of sp³-hybridized carbons (Fsp3) is 1.00. The lowest BCUT2D eigenvalue weighted by atomic mass is 10.2. The molecule has 0 aromatic carbocycles. The Labute approximate surface area is 104 Å². The van der Waals surface area contributed by atoms with Crippen molar-refractivity contribution in [1.82, 2.24) is 0 Å². The van der Waals surface area contributed by atoms with Crippen molar-refractivity contribution in [2.75, 3.05) is 26.5 Å². The van der Waals surface area contributed by atoms with Crippen LogP contribution in [0.25, 0.3) is 0 Å². The number of halogens is 7. The van der Waals surface area contributed by atoms with E-state index in [4.69, 9.17) is 0 Å². The van der Waals surface area contributed by atoms with Crippen LogP contribution >= 0.6 is 8.03 Å². The molecule has 19 heavy (non-hydrogen) atoms. The Bertz CT molecular complexity index is 305. The summed E-state index contributed by atoms with van der Waals surface area (Å²) in [6, 6.07) is 0. The summed E-state index contributed by atoms with van der Waals surface area (Å²) in [7, 11) is -1.90. The van der Waals surface area contributed by atoms with Crippen molar-refractivity contribution in [3.05, 3.63) is 0 Å². The molecule has 0 radical (unpaired) electrons. The normalized spacial score (nSPS) is 14.6. The Hall–Kier alpha value is -0.470. The van der Waals surface area contributed by atoms with E-state index in [0.29, 0.717) is 0 Å². The van der Waals surface area contributed by atoms with Gasteiger partial charge in [0, 0.05) is 6.61 Å². The van der Waals surface area contributed by atoms with Crippen LogP contribution in [0.4, 0.5) is 30.7 Å². The maximum Gasteiger partial charge on any atom is 0.504 e. The fourth-order valence-electron chi connectivity index (χ4n) is 0.852. The molecule has 0 aromatic heterocycles. The van der Waals surface area contributed by atoms with E-state index in [1.165, 1.54) is 6.66 Å². The summed E-state index contributed by atoms with van der Waals surface area (Å²) < 4.78 is 104. The Kier molecular flexibility index (Phi) is 6.64. The van der Waals surface area contributed by atoms with Gasteiger partial charge in [-0.2, -0.15) is 30.7 Å². The van der Waals surface area contributed by atoms with Crippen molar-refractivity contribution in [3.63, 3.8) is 0 Å². The number of hydrogen-bond acceptors (Lipinski definition) is 3. The van der Waals surface area contributed by atoms with Crippen molar-refractivity contribution in [2.45, 2.75) is 24.4 Å². The van der Waals surface area contributed by atoms with Gasteiger partial charge < -0.3 is 4.74 Å². The molecule has 11 heteroatoms. The molecular weight excluding hydrogens is 308 g/mol. The molecule has 0 bridgehead atoms. The van der Waals surface area contributed by atoms with Gasteiger partial charge >= 0.3 is 26.0 Å². The monoisotopic (exact) mass is 319 g/mol. The second-order valence-electron chi connectivity index (χ2n) is 3.46.